The van der Waals surface area contributed by atoms with Crippen molar-refractivity contribution in [2.45, 2.75) is 35.1 Å². The molecular weight excluding hydrogens is 480 g/mol. The zero-order chi connectivity index (χ0) is 25.7. The maximum absolute atomic E-state index is 12.9. The lowest BCUT2D eigenvalue weighted by Crippen LogP contribution is -2.31. The monoisotopic (exact) mass is 512 g/mol. The molecule has 0 radical (unpaired) electrons. The summed E-state index contributed by atoms with van der Waals surface area (Å²) >= 11 is 6.34. The van der Waals surface area contributed by atoms with Gasteiger partial charge >= 0.3 is 0 Å². The molecule has 0 atom stereocenters. The van der Waals surface area contributed by atoms with E-state index in [0.717, 1.165) is 24.6 Å². The van der Waals surface area contributed by atoms with E-state index in [2.05, 4.69) is 29.0 Å². The van der Waals surface area contributed by atoms with Crippen molar-refractivity contribution in [1.29, 1.82) is 0 Å². The number of benzene rings is 1. The fourth-order valence-corrected chi connectivity index (χ4v) is 3.76. The molecule has 1 aliphatic carbocycles. The Morgan fingerprint density at radius 1 is 1.08 bits per heavy atom. The Balaban J connectivity index is 0.00000456. The molecule has 8 nitrogen and oxygen atoms in total. The number of ether oxygens (including phenoxy) is 2. The number of ketones is 1. The molecule has 1 heterocycles. The van der Waals surface area contributed by atoms with Crippen LogP contribution in [-0.2, 0) is 4.79 Å². The third kappa shape index (κ3) is 6.12. The summed E-state index contributed by atoms with van der Waals surface area (Å²) in [5, 5.41) is 2.64. The minimum atomic E-state index is -0.508. The highest BCUT2D eigenvalue weighted by Crippen LogP contribution is 2.28. The van der Waals surface area contributed by atoms with Crippen LogP contribution in [0.4, 0.5) is 11.5 Å². The second-order valence-corrected chi connectivity index (χ2v) is 8.20. The number of aliphatic imine (C=N–C) groups is 1. The molecule has 1 amide bonds. The number of hydrogen-bond donors (Lipinski definition) is 1. The van der Waals surface area contributed by atoms with Crippen LogP contribution in [0, 0.1) is 6.92 Å². The molecular formula is C27H33ClN4O4. The van der Waals surface area contributed by atoms with Gasteiger partial charge in [-0.05, 0) is 63.6 Å². The number of allylic oxidation sites excluding steroid dienone is 3. The zero-order valence-corrected chi connectivity index (χ0v) is 21.5. The molecule has 0 saturated heterocycles. The summed E-state index contributed by atoms with van der Waals surface area (Å²) in [6.07, 6.45) is 1.52. The van der Waals surface area contributed by atoms with E-state index in [0.29, 0.717) is 28.5 Å². The average Bonchev–Trinajstić information content (AvgIpc) is 2.87. The third-order valence-corrected chi connectivity index (χ3v) is 6.13. The summed E-state index contributed by atoms with van der Waals surface area (Å²) in [4.78, 5) is 37.2. The van der Waals surface area contributed by atoms with E-state index in [4.69, 9.17) is 26.1 Å². The molecule has 1 aromatic carbocycles. The molecule has 3 rings (SSSR count). The van der Waals surface area contributed by atoms with Crippen LogP contribution in [0.3, 0.4) is 0 Å². The number of aryl methyl sites for hydroxylation is 1. The van der Waals surface area contributed by atoms with Crippen LogP contribution < -0.4 is 19.7 Å². The summed E-state index contributed by atoms with van der Waals surface area (Å²) in [5.74, 6) is 0.777. The molecule has 2 aromatic rings. The van der Waals surface area contributed by atoms with Crippen molar-refractivity contribution in [1.82, 2.24) is 10.3 Å². The molecule has 0 fully saturated rings. The SMILES string of the molecule is C.CCN(CC)c1ccc(N=C2C=C(NC(=O)c3cc(OC)cc(OC)c3)C(=O)C(Cl)=C2C)c(C)n1. The number of Topliss-reactive ketones (excluding diaryl/α,β-unsaturated/α-hetero) is 1. The van der Waals surface area contributed by atoms with E-state index in [9.17, 15) is 9.59 Å². The Morgan fingerprint density at radius 2 is 1.69 bits per heavy atom. The Morgan fingerprint density at radius 3 is 2.22 bits per heavy atom. The number of pyridine rings is 1. The fourth-order valence-electron chi connectivity index (χ4n) is 3.57. The number of carbonyl (C=O) groups is 2. The number of carbonyl (C=O) groups excluding carboxylic acids is 2. The number of nitrogens with one attached hydrogen (secondary N) is 1. The second kappa shape index (κ2) is 12.4. The van der Waals surface area contributed by atoms with Gasteiger partial charge < -0.3 is 19.7 Å². The van der Waals surface area contributed by atoms with Gasteiger partial charge in [0.15, 0.2) is 0 Å². The lowest BCUT2D eigenvalue weighted by atomic mass is 10.0. The lowest BCUT2D eigenvalue weighted by molar-refractivity contribution is -0.112. The van der Waals surface area contributed by atoms with Crippen molar-refractivity contribution >= 4 is 40.5 Å². The minimum Gasteiger partial charge on any atom is -0.497 e. The van der Waals surface area contributed by atoms with E-state index in [1.807, 2.05) is 19.1 Å². The minimum absolute atomic E-state index is 0. The number of halogens is 1. The normalized spacial score (nSPS) is 14.2. The van der Waals surface area contributed by atoms with E-state index in [1.54, 1.807) is 25.1 Å². The predicted molar refractivity (Wildman–Crippen MR) is 145 cm³/mol. The molecule has 36 heavy (non-hydrogen) atoms. The van der Waals surface area contributed by atoms with Crippen LogP contribution in [0.25, 0.3) is 0 Å². The van der Waals surface area contributed by atoms with Crippen molar-refractivity contribution in [3.8, 4) is 11.5 Å². The molecule has 1 aromatic heterocycles. The van der Waals surface area contributed by atoms with Crippen LogP contribution in [0.5, 0.6) is 11.5 Å². The Labute approximate surface area is 217 Å². The molecule has 192 valence electrons. The van der Waals surface area contributed by atoms with Gasteiger partial charge in [-0.1, -0.05) is 19.0 Å². The summed E-state index contributed by atoms with van der Waals surface area (Å²) in [7, 11) is 2.98. The van der Waals surface area contributed by atoms with Crippen molar-refractivity contribution in [2.24, 2.45) is 4.99 Å². The smallest absolute Gasteiger partial charge is 0.256 e. The fraction of sp³-hybridized carbons (Fsp3) is 0.333. The predicted octanol–water partition coefficient (Wildman–Crippen LogP) is 5.37. The lowest BCUT2D eigenvalue weighted by Gasteiger charge is -2.20. The van der Waals surface area contributed by atoms with Crippen molar-refractivity contribution in [3.05, 3.63) is 64.0 Å². The van der Waals surface area contributed by atoms with Gasteiger partial charge in [-0.3, -0.25) is 9.59 Å². The van der Waals surface area contributed by atoms with Gasteiger partial charge in [0.1, 0.15) is 17.3 Å². The van der Waals surface area contributed by atoms with Crippen LogP contribution in [0.1, 0.15) is 44.2 Å². The first-order chi connectivity index (χ1) is 16.7. The summed E-state index contributed by atoms with van der Waals surface area (Å²) in [6.45, 7) is 9.44. The Hall–Kier alpha value is -3.65. The zero-order valence-electron chi connectivity index (χ0n) is 20.7. The van der Waals surface area contributed by atoms with E-state index < -0.39 is 11.7 Å². The molecule has 0 bridgehead atoms. The first-order valence-electron chi connectivity index (χ1n) is 11.2. The summed E-state index contributed by atoms with van der Waals surface area (Å²) in [5.41, 5.74) is 2.66. The number of nitrogens with zero attached hydrogens (tertiary/aromatic N) is 3. The van der Waals surface area contributed by atoms with Crippen molar-refractivity contribution in [3.63, 3.8) is 0 Å². The summed E-state index contributed by atoms with van der Waals surface area (Å²) in [6, 6.07) is 8.55. The molecule has 9 heteroatoms. The number of aromatic nitrogens is 1. The molecule has 0 saturated carbocycles. The van der Waals surface area contributed by atoms with Gasteiger partial charge in [0.05, 0.1) is 42.0 Å². The number of methoxy groups -OCH3 is 2. The average molecular weight is 513 g/mol. The second-order valence-electron chi connectivity index (χ2n) is 7.82. The molecule has 0 spiro atoms. The molecule has 0 unspecified atom stereocenters. The Kier molecular flexibility index (Phi) is 9.81. The number of amides is 1. The van der Waals surface area contributed by atoms with Gasteiger partial charge in [-0.2, -0.15) is 0 Å². The number of rotatable bonds is 8. The third-order valence-electron chi connectivity index (χ3n) is 5.67. The standard InChI is InChI=1S/C26H29ClN4O4.CH4/c1-7-31(8-2)23-10-9-20(16(4)28-23)29-21-14-22(25(32)24(27)15(21)3)30-26(33)17-11-18(34-5)13-19(12-17)35-6;/h9-14H,7-8H2,1-6H3,(H,30,33);1H4. The van der Waals surface area contributed by atoms with Crippen molar-refractivity contribution in [2.75, 3.05) is 32.2 Å². The van der Waals surface area contributed by atoms with Gasteiger partial charge in [0.2, 0.25) is 5.78 Å². The maximum atomic E-state index is 12.9. The highest BCUT2D eigenvalue weighted by molar-refractivity contribution is 6.49. The number of anilines is 1. The highest BCUT2D eigenvalue weighted by atomic mass is 35.5. The van der Waals surface area contributed by atoms with Gasteiger partial charge in [0.25, 0.3) is 5.91 Å². The summed E-state index contributed by atoms with van der Waals surface area (Å²) < 4.78 is 10.4. The van der Waals surface area contributed by atoms with E-state index in [1.165, 1.54) is 20.3 Å². The maximum Gasteiger partial charge on any atom is 0.256 e. The van der Waals surface area contributed by atoms with Crippen LogP contribution in [0.15, 0.2) is 57.7 Å². The Bertz CT molecular complexity index is 1220. The van der Waals surface area contributed by atoms with E-state index in [-0.39, 0.29) is 23.7 Å². The van der Waals surface area contributed by atoms with Crippen LogP contribution >= 0.6 is 11.6 Å². The van der Waals surface area contributed by atoms with Crippen LogP contribution in [0.2, 0.25) is 0 Å². The van der Waals surface area contributed by atoms with Gasteiger partial charge in [-0.25, -0.2) is 9.98 Å². The first kappa shape index (κ1) is 28.6. The van der Waals surface area contributed by atoms with Gasteiger partial charge in [-0.15, -0.1) is 0 Å². The topological polar surface area (TPSA) is 93.1 Å². The van der Waals surface area contributed by atoms with E-state index >= 15 is 0 Å². The van der Waals surface area contributed by atoms with Gasteiger partial charge in [0, 0.05) is 24.7 Å². The largest absolute Gasteiger partial charge is 0.497 e. The number of hydrogen-bond acceptors (Lipinski definition) is 7. The van der Waals surface area contributed by atoms with Crippen LogP contribution in [-0.4, -0.2) is 49.7 Å². The molecule has 1 N–H and O–H groups in total. The van der Waals surface area contributed by atoms with Crippen molar-refractivity contribution < 1.29 is 19.1 Å². The highest BCUT2D eigenvalue weighted by Gasteiger charge is 2.26. The first-order valence-corrected chi connectivity index (χ1v) is 11.6. The molecule has 1 aliphatic rings. The molecule has 0 aliphatic heterocycles. The quantitative estimate of drug-likeness (QED) is 0.478.